The topological polar surface area (TPSA) is 88.7 Å². The number of anilines is 2. The number of hydrogen-bond acceptors (Lipinski definition) is 5. The lowest BCUT2D eigenvalue weighted by atomic mass is 10.1. The van der Waals surface area contributed by atoms with E-state index in [1.807, 2.05) is 0 Å². The number of methoxy groups -OCH3 is 1. The van der Waals surface area contributed by atoms with Crippen LogP contribution in [0.4, 0.5) is 24.5 Å². The Bertz CT molecular complexity index is 1230. The van der Waals surface area contributed by atoms with E-state index in [0.29, 0.717) is 30.2 Å². The summed E-state index contributed by atoms with van der Waals surface area (Å²) >= 11 is 5.18. The molecule has 0 aliphatic rings. The minimum Gasteiger partial charge on any atom is -0.491 e. The molecule has 0 atom stereocenters. The van der Waals surface area contributed by atoms with E-state index in [0.717, 1.165) is 12.1 Å². The van der Waals surface area contributed by atoms with Crippen molar-refractivity contribution in [2.24, 2.45) is 0 Å². The van der Waals surface area contributed by atoms with E-state index < -0.39 is 23.6 Å². The van der Waals surface area contributed by atoms with Crippen LogP contribution in [0.25, 0.3) is 0 Å². The smallest absolute Gasteiger partial charge is 0.416 e. The van der Waals surface area contributed by atoms with Crippen molar-refractivity contribution in [3.63, 3.8) is 0 Å². The van der Waals surface area contributed by atoms with Crippen LogP contribution in [0.3, 0.4) is 0 Å². The van der Waals surface area contributed by atoms with Gasteiger partial charge in [-0.2, -0.15) is 13.2 Å². The average molecular weight is 518 g/mol. The molecule has 0 saturated heterocycles. The predicted molar refractivity (Wildman–Crippen MR) is 133 cm³/mol. The number of alkyl halides is 3. The van der Waals surface area contributed by atoms with Gasteiger partial charge in [-0.05, 0) is 72.9 Å². The summed E-state index contributed by atoms with van der Waals surface area (Å²) < 4.78 is 49.1. The molecule has 0 aliphatic carbocycles. The van der Waals surface area contributed by atoms with E-state index in [4.69, 9.17) is 21.7 Å². The zero-order valence-electron chi connectivity index (χ0n) is 19.0. The summed E-state index contributed by atoms with van der Waals surface area (Å²) in [4.78, 5) is 25.0. The van der Waals surface area contributed by atoms with Gasteiger partial charge in [0.05, 0.1) is 12.2 Å². The number of carbonyl (C=O) groups is 2. The monoisotopic (exact) mass is 517 g/mol. The van der Waals surface area contributed by atoms with Gasteiger partial charge in [-0.15, -0.1) is 0 Å². The highest BCUT2D eigenvalue weighted by Crippen LogP contribution is 2.30. The molecule has 7 nitrogen and oxygen atoms in total. The van der Waals surface area contributed by atoms with E-state index >= 15 is 0 Å². The van der Waals surface area contributed by atoms with Crippen molar-refractivity contribution in [2.75, 3.05) is 31.0 Å². The lowest BCUT2D eigenvalue weighted by Crippen LogP contribution is -2.34. The molecule has 3 rings (SSSR count). The fourth-order valence-corrected chi connectivity index (χ4v) is 3.21. The first-order valence-corrected chi connectivity index (χ1v) is 11.0. The first kappa shape index (κ1) is 26.6. The van der Waals surface area contributed by atoms with Crippen LogP contribution in [0.5, 0.6) is 5.75 Å². The van der Waals surface area contributed by atoms with E-state index in [1.165, 1.54) is 24.3 Å². The minimum atomic E-state index is -4.52. The maximum Gasteiger partial charge on any atom is 0.416 e. The maximum absolute atomic E-state index is 12.9. The lowest BCUT2D eigenvalue weighted by molar-refractivity contribution is -0.137. The van der Waals surface area contributed by atoms with Crippen LogP contribution in [-0.4, -0.2) is 37.3 Å². The zero-order chi connectivity index (χ0) is 26.1. The summed E-state index contributed by atoms with van der Waals surface area (Å²) in [5.41, 5.74) is 0.0677. The first-order chi connectivity index (χ1) is 17.2. The summed E-state index contributed by atoms with van der Waals surface area (Å²) in [6.45, 7) is 0.823. The summed E-state index contributed by atoms with van der Waals surface area (Å²) in [7, 11) is 1.57. The van der Waals surface area contributed by atoms with Crippen LogP contribution in [0.2, 0.25) is 0 Å². The summed E-state index contributed by atoms with van der Waals surface area (Å²) in [5.74, 6) is -0.473. The fourth-order valence-electron chi connectivity index (χ4n) is 3.00. The number of nitrogens with one attached hydrogen (secondary N) is 3. The van der Waals surface area contributed by atoms with Crippen molar-refractivity contribution in [3.05, 3.63) is 89.5 Å². The largest absolute Gasteiger partial charge is 0.491 e. The van der Waals surface area contributed by atoms with Gasteiger partial charge in [0.2, 0.25) is 0 Å². The van der Waals surface area contributed by atoms with Crippen LogP contribution < -0.4 is 20.7 Å². The Labute approximate surface area is 210 Å². The average Bonchev–Trinajstić information content (AvgIpc) is 2.84. The number of halogens is 3. The van der Waals surface area contributed by atoms with Gasteiger partial charge in [0.15, 0.2) is 5.11 Å². The molecule has 0 radical (unpaired) electrons. The van der Waals surface area contributed by atoms with Gasteiger partial charge >= 0.3 is 6.18 Å². The Balaban J connectivity index is 1.58. The molecule has 0 aromatic heterocycles. The second-order valence-electron chi connectivity index (χ2n) is 7.39. The molecule has 0 spiro atoms. The van der Waals surface area contributed by atoms with Crippen LogP contribution >= 0.6 is 12.2 Å². The number of amides is 2. The third-order valence-corrected chi connectivity index (χ3v) is 4.93. The Morgan fingerprint density at radius 3 is 2.17 bits per heavy atom. The van der Waals surface area contributed by atoms with Gasteiger partial charge in [0, 0.05) is 29.6 Å². The molecular formula is C25H22F3N3O4S. The number of thiocarbonyl (C=S) groups is 1. The summed E-state index contributed by atoms with van der Waals surface area (Å²) in [6, 6.07) is 16.9. The fraction of sp³-hybridized carbons (Fsp3) is 0.160. The molecule has 0 bridgehead atoms. The van der Waals surface area contributed by atoms with Gasteiger partial charge in [-0.1, -0.05) is 12.1 Å². The molecule has 0 aliphatic heterocycles. The molecule has 0 fully saturated rings. The van der Waals surface area contributed by atoms with Crippen molar-refractivity contribution in [3.8, 4) is 5.75 Å². The summed E-state index contributed by atoms with van der Waals surface area (Å²) in [5, 5.41) is 7.78. The molecule has 0 unspecified atom stereocenters. The number of carbonyl (C=O) groups excluding carboxylic acids is 2. The highest BCUT2D eigenvalue weighted by molar-refractivity contribution is 7.80. The lowest BCUT2D eigenvalue weighted by Gasteiger charge is -2.12. The molecule has 2 amide bonds. The molecular weight excluding hydrogens is 495 g/mol. The molecule has 36 heavy (non-hydrogen) atoms. The normalized spacial score (nSPS) is 10.9. The van der Waals surface area contributed by atoms with Crippen molar-refractivity contribution < 1.29 is 32.2 Å². The molecule has 3 aromatic carbocycles. The van der Waals surface area contributed by atoms with Crippen LogP contribution in [-0.2, 0) is 10.9 Å². The van der Waals surface area contributed by atoms with Crippen molar-refractivity contribution in [2.45, 2.75) is 6.18 Å². The number of benzene rings is 3. The highest BCUT2D eigenvalue weighted by atomic mass is 32.1. The molecule has 3 aromatic rings. The number of ether oxygens (including phenoxy) is 2. The van der Waals surface area contributed by atoms with Gasteiger partial charge in [-0.3, -0.25) is 14.9 Å². The third-order valence-electron chi connectivity index (χ3n) is 4.73. The Morgan fingerprint density at radius 1 is 0.833 bits per heavy atom. The predicted octanol–water partition coefficient (Wildman–Crippen LogP) is 5.11. The first-order valence-electron chi connectivity index (χ1n) is 10.6. The zero-order valence-corrected chi connectivity index (χ0v) is 19.8. The van der Waals surface area contributed by atoms with Crippen molar-refractivity contribution in [1.82, 2.24) is 5.32 Å². The highest BCUT2D eigenvalue weighted by Gasteiger charge is 2.30. The standard InChI is InChI=1S/C25H22F3N3O4S/c1-34-12-13-35-21-10-8-16(9-11-21)22(32)31-24(36)30-19-6-2-4-17(14-19)23(33)29-20-7-3-5-18(15-20)25(26,27)28/h2-11,14-15H,12-13H2,1H3,(H,29,33)(H2,30,31,32,36). The van der Waals surface area contributed by atoms with Crippen LogP contribution in [0, 0.1) is 0 Å². The molecule has 11 heteroatoms. The third kappa shape index (κ3) is 7.79. The van der Waals surface area contributed by atoms with E-state index in [2.05, 4.69) is 16.0 Å². The van der Waals surface area contributed by atoms with E-state index in [1.54, 1.807) is 43.5 Å². The number of rotatable bonds is 8. The maximum atomic E-state index is 12.9. The van der Waals surface area contributed by atoms with Crippen LogP contribution in [0.1, 0.15) is 26.3 Å². The van der Waals surface area contributed by atoms with Crippen molar-refractivity contribution in [1.29, 1.82) is 0 Å². The SMILES string of the molecule is COCCOc1ccc(C(=O)NC(=S)Nc2cccc(C(=O)Nc3cccc(C(F)(F)F)c3)c2)cc1. The molecule has 0 saturated carbocycles. The van der Waals surface area contributed by atoms with Gasteiger partial charge in [0.1, 0.15) is 12.4 Å². The minimum absolute atomic E-state index is 0.00384. The van der Waals surface area contributed by atoms with Crippen molar-refractivity contribution >= 4 is 40.5 Å². The molecule has 188 valence electrons. The van der Waals surface area contributed by atoms with E-state index in [-0.39, 0.29) is 16.4 Å². The molecule has 0 heterocycles. The summed E-state index contributed by atoms with van der Waals surface area (Å²) in [6.07, 6.45) is -4.52. The van der Waals surface area contributed by atoms with Crippen LogP contribution in [0.15, 0.2) is 72.8 Å². The van der Waals surface area contributed by atoms with Gasteiger partial charge in [-0.25, -0.2) is 0 Å². The van der Waals surface area contributed by atoms with Gasteiger partial charge < -0.3 is 20.1 Å². The second kappa shape index (κ2) is 12.1. The Kier molecular flexibility index (Phi) is 8.98. The van der Waals surface area contributed by atoms with Gasteiger partial charge in [0.25, 0.3) is 11.8 Å². The number of hydrogen-bond donors (Lipinski definition) is 3. The quantitative estimate of drug-likeness (QED) is 0.284. The molecule has 3 N–H and O–H groups in total. The Hall–Kier alpha value is -3.96. The second-order valence-corrected chi connectivity index (χ2v) is 7.80. The Morgan fingerprint density at radius 2 is 1.50 bits per heavy atom. The van der Waals surface area contributed by atoms with E-state index in [9.17, 15) is 22.8 Å².